The summed E-state index contributed by atoms with van der Waals surface area (Å²) in [5.74, 6) is -9.38. The third kappa shape index (κ3) is 17.0. The van der Waals surface area contributed by atoms with Gasteiger partial charge in [0.1, 0.15) is 0 Å². The second kappa shape index (κ2) is 20.0. The minimum atomic E-state index is -5.45. The Balaban J connectivity index is 5.52. The molecule has 278 valence electrons. The second-order valence-corrected chi connectivity index (χ2v) is 10.2. The van der Waals surface area contributed by atoms with Crippen LogP contribution >= 0.6 is 0 Å². The Labute approximate surface area is 266 Å². The van der Waals surface area contributed by atoms with E-state index in [1.807, 2.05) is 0 Å². The number of nitrogens with zero attached hydrogens (tertiary/aromatic N) is 7. The van der Waals surface area contributed by atoms with Gasteiger partial charge < -0.3 is 19.6 Å². The molecule has 0 N–H and O–H groups in total. The van der Waals surface area contributed by atoms with Gasteiger partial charge in [-0.1, -0.05) is 18.5 Å². The van der Waals surface area contributed by atoms with Crippen LogP contribution in [0.5, 0.6) is 0 Å². The molecule has 4 amide bonds. The van der Waals surface area contributed by atoms with E-state index in [9.17, 15) is 71.9 Å². The second-order valence-electron chi connectivity index (χ2n) is 10.2. The van der Waals surface area contributed by atoms with Crippen molar-refractivity contribution in [3.05, 3.63) is 10.4 Å². The number of unbranched alkanes of at least 4 members (excludes halogenated alkanes) is 2. The molecule has 48 heavy (non-hydrogen) atoms. The van der Waals surface area contributed by atoms with Gasteiger partial charge in [0, 0.05) is 63.8 Å². The van der Waals surface area contributed by atoms with E-state index in [4.69, 9.17) is 5.53 Å². The molecule has 0 aliphatic rings. The van der Waals surface area contributed by atoms with Crippen molar-refractivity contribution in [1.29, 1.82) is 0 Å². The molecule has 11 nitrogen and oxygen atoms in total. The molecule has 0 rings (SSSR count). The van der Waals surface area contributed by atoms with Gasteiger partial charge >= 0.3 is 48.3 Å². The van der Waals surface area contributed by atoms with Crippen LogP contribution in [-0.4, -0.2) is 127 Å². The molecule has 0 atom stereocenters. The maximum atomic E-state index is 13.2. The van der Waals surface area contributed by atoms with Gasteiger partial charge in [0.25, 0.3) is 0 Å². The molecule has 0 saturated carbocycles. The predicted molar refractivity (Wildman–Crippen MR) is 143 cm³/mol. The summed E-state index contributed by atoms with van der Waals surface area (Å²) in [7, 11) is 0. The fraction of sp³-hybridized carbons (Fsp3) is 0.840. The highest BCUT2D eigenvalue weighted by Gasteiger charge is 2.45. The van der Waals surface area contributed by atoms with Gasteiger partial charge in [-0.25, -0.2) is 0 Å². The van der Waals surface area contributed by atoms with Crippen molar-refractivity contribution in [1.82, 2.24) is 19.6 Å². The molecule has 0 aromatic rings. The number of alkyl halides is 12. The van der Waals surface area contributed by atoms with Crippen LogP contribution in [0.25, 0.3) is 10.4 Å². The van der Waals surface area contributed by atoms with Gasteiger partial charge in [0.15, 0.2) is 0 Å². The monoisotopic (exact) mass is 725 g/mol. The largest absolute Gasteiger partial charge is 0.471 e. The average molecular weight is 726 g/mol. The molecule has 23 heteroatoms. The zero-order valence-electron chi connectivity index (χ0n) is 25.6. The number of carbonyl (C=O) groups excluding carboxylic acids is 4. The molecule has 0 aromatic heterocycles. The molecule has 0 unspecified atom stereocenters. The summed E-state index contributed by atoms with van der Waals surface area (Å²) in [4.78, 5) is 50.5. The SMILES string of the molecule is CCCCN(CCCN(CCCCN(CCCN(CCCN=[N+]=[N-])C(=O)C(F)(F)F)C(=O)C(F)(F)F)C(=O)C(F)(F)F)C(=O)C(F)(F)F. The zero-order chi connectivity index (χ0) is 37.3. The lowest BCUT2D eigenvalue weighted by atomic mass is 10.2. The first kappa shape index (κ1) is 44.4. The van der Waals surface area contributed by atoms with E-state index in [1.165, 1.54) is 0 Å². The van der Waals surface area contributed by atoms with E-state index in [-0.39, 0.29) is 40.6 Å². The van der Waals surface area contributed by atoms with Crippen molar-refractivity contribution in [3.63, 3.8) is 0 Å². The van der Waals surface area contributed by atoms with Crippen LogP contribution in [-0.2, 0) is 19.2 Å². The van der Waals surface area contributed by atoms with Crippen molar-refractivity contribution in [2.45, 2.75) is 76.6 Å². The Morgan fingerprint density at radius 1 is 0.479 bits per heavy atom. The molecule has 0 radical (unpaired) electrons. The molecular formula is C25H35F12N7O4. The first-order valence-electron chi connectivity index (χ1n) is 14.4. The van der Waals surface area contributed by atoms with Crippen molar-refractivity contribution < 1.29 is 71.9 Å². The number of azide groups is 1. The predicted octanol–water partition coefficient (Wildman–Crippen LogP) is 5.61. The maximum absolute atomic E-state index is 13.2. The lowest BCUT2D eigenvalue weighted by Gasteiger charge is -2.28. The highest BCUT2D eigenvalue weighted by molar-refractivity contribution is 5.83. The molecule has 0 spiro atoms. The van der Waals surface area contributed by atoms with E-state index in [0.717, 1.165) is 0 Å². The normalized spacial score (nSPS) is 12.3. The molecular weight excluding hydrogens is 690 g/mol. The van der Waals surface area contributed by atoms with Crippen LogP contribution in [0, 0.1) is 0 Å². The highest BCUT2D eigenvalue weighted by Crippen LogP contribution is 2.23. The summed E-state index contributed by atoms with van der Waals surface area (Å²) in [5.41, 5.74) is 8.25. The fourth-order valence-electron chi connectivity index (χ4n) is 4.21. The van der Waals surface area contributed by atoms with Crippen molar-refractivity contribution in [2.24, 2.45) is 5.11 Å². The van der Waals surface area contributed by atoms with Gasteiger partial charge in [-0.2, -0.15) is 52.7 Å². The molecule has 0 aliphatic carbocycles. The van der Waals surface area contributed by atoms with Crippen LogP contribution in [0.3, 0.4) is 0 Å². The fourth-order valence-corrected chi connectivity index (χ4v) is 4.21. The van der Waals surface area contributed by atoms with E-state index in [1.54, 1.807) is 6.92 Å². The van der Waals surface area contributed by atoms with Gasteiger partial charge in [-0.05, 0) is 44.1 Å². The Morgan fingerprint density at radius 2 is 0.729 bits per heavy atom. The maximum Gasteiger partial charge on any atom is 0.471 e. The quantitative estimate of drug-likeness (QED) is 0.0531. The first-order chi connectivity index (χ1) is 22.0. The highest BCUT2D eigenvalue weighted by atomic mass is 19.4. The van der Waals surface area contributed by atoms with Gasteiger partial charge in [0.05, 0.1) is 0 Å². The summed E-state index contributed by atoms with van der Waals surface area (Å²) < 4.78 is 157. The zero-order valence-corrected chi connectivity index (χ0v) is 25.6. The Hall–Kier alpha value is -3.65. The Kier molecular flexibility index (Phi) is 18.5. The van der Waals surface area contributed by atoms with Crippen LogP contribution in [0.4, 0.5) is 52.7 Å². The average Bonchev–Trinajstić information content (AvgIpc) is 2.96. The Bertz CT molecular complexity index is 1090. The minimum absolute atomic E-state index is 0.147. The topological polar surface area (TPSA) is 130 Å². The summed E-state index contributed by atoms with van der Waals surface area (Å²) in [6, 6.07) is 0. The number of rotatable bonds is 20. The summed E-state index contributed by atoms with van der Waals surface area (Å²) in [6.07, 6.45) is -23.2. The van der Waals surface area contributed by atoms with Gasteiger partial charge in [0.2, 0.25) is 0 Å². The smallest absolute Gasteiger partial charge is 0.335 e. The lowest BCUT2D eigenvalue weighted by molar-refractivity contribution is -0.187. The number of amides is 4. The number of halogens is 12. The van der Waals surface area contributed by atoms with Crippen molar-refractivity contribution >= 4 is 23.6 Å². The van der Waals surface area contributed by atoms with E-state index in [0.29, 0.717) is 11.3 Å². The van der Waals surface area contributed by atoms with Crippen LogP contribution in [0.15, 0.2) is 5.11 Å². The number of hydrogen-bond acceptors (Lipinski definition) is 5. The van der Waals surface area contributed by atoms with Crippen LogP contribution < -0.4 is 0 Å². The first-order valence-corrected chi connectivity index (χ1v) is 14.4. The van der Waals surface area contributed by atoms with Crippen molar-refractivity contribution in [2.75, 3.05) is 58.9 Å². The minimum Gasteiger partial charge on any atom is -0.335 e. The summed E-state index contributed by atoms with van der Waals surface area (Å²) >= 11 is 0. The standard InChI is InChI=1S/C25H35F12N7O4/c1-2-3-10-41(18(45)22(26,27)28)14-7-15-42(19(46)23(29,30)31)11-4-5-12-43(20(47)24(32,33)34)16-8-17-44(13-6-9-39-40-38)21(48)25(35,36)37/h2-17H2,1H3. The summed E-state index contributed by atoms with van der Waals surface area (Å²) in [5, 5.41) is 3.09. The Morgan fingerprint density at radius 3 is 0.979 bits per heavy atom. The molecule has 0 aromatic carbocycles. The van der Waals surface area contributed by atoms with E-state index in [2.05, 4.69) is 10.0 Å². The number of carbonyl (C=O) groups is 4. The van der Waals surface area contributed by atoms with E-state index >= 15 is 0 Å². The molecule has 0 aliphatic heterocycles. The molecule has 0 fully saturated rings. The molecule has 0 bridgehead atoms. The lowest BCUT2D eigenvalue weighted by Crippen LogP contribution is -2.46. The van der Waals surface area contributed by atoms with E-state index < -0.39 is 120 Å². The third-order valence-corrected chi connectivity index (χ3v) is 6.47. The van der Waals surface area contributed by atoms with Crippen LogP contribution in [0.1, 0.15) is 51.9 Å². The summed E-state index contributed by atoms with van der Waals surface area (Å²) in [6.45, 7) is -4.20. The van der Waals surface area contributed by atoms with Gasteiger partial charge in [-0.15, -0.1) is 0 Å². The molecule has 0 saturated heterocycles. The van der Waals surface area contributed by atoms with Gasteiger partial charge in [-0.3, -0.25) is 19.2 Å². The van der Waals surface area contributed by atoms with Crippen molar-refractivity contribution in [3.8, 4) is 0 Å². The number of hydrogen-bond donors (Lipinski definition) is 0. The third-order valence-electron chi connectivity index (χ3n) is 6.47. The van der Waals surface area contributed by atoms with Crippen LogP contribution in [0.2, 0.25) is 0 Å². The molecule has 0 heterocycles.